The van der Waals surface area contributed by atoms with Crippen molar-refractivity contribution in [3.8, 4) is 11.4 Å². The Labute approximate surface area is 170 Å². The summed E-state index contributed by atoms with van der Waals surface area (Å²) in [5, 5.41) is 3.89. The summed E-state index contributed by atoms with van der Waals surface area (Å²) in [6.07, 6.45) is 3.30. The summed E-state index contributed by atoms with van der Waals surface area (Å²) in [7, 11) is -4.50. The molecule has 4 aromatic rings. The van der Waals surface area contributed by atoms with Crippen molar-refractivity contribution >= 4 is 15.7 Å². The smallest absolute Gasteiger partial charge is 0.267 e. The van der Waals surface area contributed by atoms with E-state index in [2.05, 4.69) is 19.8 Å². The predicted octanol–water partition coefficient (Wildman–Crippen LogP) is 3.80. The molecule has 2 aromatic heterocycles. The van der Waals surface area contributed by atoms with Crippen molar-refractivity contribution < 1.29 is 21.7 Å². The molecular weight excluding hydrogens is 414 g/mol. The molecule has 10 heteroatoms. The molecule has 0 unspecified atom stereocenters. The summed E-state index contributed by atoms with van der Waals surface area (Å²) in [6, 6.07) is 12.7. The molecular formula is C20H14F2N4O3S. The highest BCUT2D eigenvalue weighted by Crippen LogP contribution is 2.25. The molecule has 7 nitrogen and oxygen atoms in total. The molecule has 0 aliphatic carbocycles. The van der Waals surface area contributed by atoms with Gasteiger partial charge < -0.3 is 4.52 Å². The zero-order valence-corrected chi connectivity index (χ0v) is 16.1. The molecule has 1 N–H and O–H groups in total. The summed E-state index contributed by atoms with van der Waals surface area (Å²) >= 11 is 0. The number of nitrogens with zero attached hydrogens (tertiary/aromatic N) is 3. The monoisotopic (exact) mass is 428 g/mol. The van der Waals surface area contributed by atoms with E-state index in [4.69, 9.17) is 4.52 Å². The van der Waals surface area contributed by atoms with E-state index in [9.17, 15) is 17.2 Å². The summed E-state index contributed by atoms with van der Waals surface area (Å²) in [4.78, 5) is 7.23. The molecule has 0 aliphatic rings. The normalized spacial score (nSPS) is 11.4. The second-order valence-electron chi connectivity index (χ2n) is 6.24. The average Bonchev–Trinajstić information content (AvgIpc) is 3.18. The maximum atomic E-state index is 14.0. The van der Waals surface area contributed by atoms with Crippen LogP contribution in [0.1, 0.15) is 11.5 Å². The van der Waals surface area contributed by atoms with Gasteiger partial charge in [0.1, 0.15) is 11.6 Å². The van der Waals surface area contributed by atoms with Crippen LogP contribution >= 0.6 is 0 Å². The minimum absolute atomic E-state index is 0.103. The Hall–Kier alpha value is -3.66. The zero-order chi connectivity index (χ0) is 21.1. The van der Waals surface area contributed by atoms with Crippen molar-refractivity contribution in [3.63, 3.8) is 0 Å². The van der Waals surface area contributed by atoms with E-state index in [0.717, 1.165) is 18.2 Å². The number of aromatic nitrogens is 3. The quantitative estimate of drug-likeness (QED) is 0.502. The predicted molar refractivity (Wildman–Crippen MR) is 104 cm³/mol. The third-order valence-electron chi connectivity index (χ3n) is 4.18. The van der Waals surface area contributed by atoms with Crippen molar-refractivity contribution in [1.82, 2.24) is 15.1 Å². The van der Waals surface area contributed by atoms with E-state index in [-0.39, 0.29) is 18.0 Å². The lowest BCUT2D eigenvalue weighted by molar-refractivity contribution is 0.386. The van der Waals surface area contributed by atoms with Crippen LogP contribution in [0, 0.1) is 11.6 Å². The lowest BCUT2D eigenvalue weighted by Crippen LogP contribution is -2.17. The van der Waals surface area contributed by atoms with Crippen LogP contribution in [0.15, 0.2) is 76.4 Å². The number of anilines is 1. The largest absolute Gasteiger partial charge is 0.339 e. The van der Waals surface area contributed by atoms with Gasteiger partial charge >= 0.3 is 0 Å². The maximum absolute atomic E-state index is 14.0. The number of benzene rings is 2. The van der Waals surface area contributed by atoms with E-state index < -0.39 is 26.6 Å². The molecule has 0 aliphatic heterocycles. The average molecular weight is 428 g/mol. The van der Waals surface area contributed by atoms with Gasteiger partial charge in [-0.25, -0.2) is 17.2 Å². The summed E-state index contributed by atoms with van der Waals surface area (Å²) in [6.45, 7) is 0. The Bertz CT molecular complexity index is 1270. The molecule has 0 bridgehead atoms. The number of para-hydroxylation sites is 1. The van der Waals surface area contributed by atoms with Crippen molar-refractivity contribution in [2.45, 2.75) is 11.3 Å². The molecule has 30 heavy (non-hydrogen) atoms. The lowest BCUT2D eigenvalue weighted by Gasteiger charge is -2.12. The fourth-order valence-corrected chi connectivity index (χ4v) is 4.05. The Balaban J connectivity index is 1.62. The van der Waals surface area contributed by atoms with Crippen molar-refractivity contribution in [3.05, 3.63) is 90.1 Å². The topological polar surface area (TPSA) is 98.0 Å². The lowest BCUT2D eigenvalue weighted by atomic mass is 10.1. The number of hydrogen-bond donors (Lipinski definition) is 1. The van der Waals surface area contributed by atoms with Crippen LogP contribution in [-0.2, 0) is 16.4 Å². The van der Waals surface area contributed by atoms with Crippen molar-refractivity contribution in [1.29, 1.82) is 0 Å². The van der Waals surface area contributed by atoms with Gasteiger partial charge in [0, 0.05) is 18.0 Å². The highest BCUT2D eigenvalue weighted by Gasteiger charge is 2.25. The minimum Gasteiger partial charge on any atom is -0.339 e. The number of pyridine rings is 1. The molecule has 0 atom stereocenters. The Morgan fingerprint density at radius 2 is 1.73 bits per heavy atom. The molecule has 0 saturated heterocycles. The van der Waals surface area contributed by atoms with Crippen LogP contribution in [0.25, 0.3) is 11.4 Å². The highest BCUT2D eigenvalue weighted by atomic mass is 32.2. The molecule has 0 fully saturated rings. The first-order chi connectivity index (χ1) is 14.4. The van der Waals surface area contributed by atoms with E-state index in [1.54, 1.807) is 42.7 Å². The molecule has 0 radical (unpaired) electrons. The van der Waals surface area contributed by atoms with Gasteiger partial charge in [0.25, 0.3) is 10.0 Å². The molecule has 2 heterocycles. The van der Waals surface area contributed by atoms with E-state index >= 15 is 0 Å². The number of sulfonamides is 1. The van der Waals surface area contributed by atoms with Gasteiger partial charge in [-0.2, -0.15) is 4.98 Å². The number of halogens is 2. The van der Waals surface area contributed by atoms with E-state index in [1.807, 2.05) is 0 Å². The number of nitrogens with one attached hydrogen (secondary N) is 1. The van der Waals surface area contributed by atoms with Gasteiger partial charge in [-0.15, -0.1) is 0 Å². The fourth-order valence-electron chi connectivity index (χ4n) is 2.81. The summed E-state index contributed by atoms with van der Waals surface area (Å²) in [5.74, 6) is -1.79. The first-order valence-electron chi connectivity index (χ1n) is 8.72. The zero-order valence-electron chi connectivity index (χ0n) is 15.3. The SMILES string of the molecule is O=S(=O)(Nc1ccccc1Cc1nc(-c2cccnc2)no1)c1c(F)cccc1F. The number of rotatable bonds is 6. The van der Waals surface area contributed by atoms with Gasteiger partial charge in [0.15, 0.2) is 4.90 Å². The molecule has 4 rings (SSSR count). The van der Waals surface area contributed by atoms with Gasteiger partial charge in [-0.05, 0) is 35.9 Å². The molecule has 152 valence electrons. The Morgan fingerprint density at radius 1 is 0.967 bits per heavy atom. The first-order valence-corrected chi connectivity index (χ1v) is 10.2. The third kappa shape index (κ3) is 4.03. The van der Waals surface area contributed by atoms with Crippen LogP contribution < -0.4 is 4.72 Å². The first kappa shape index (κ1) is 19.6. The van der Waals surface area contributed by atoms with Crippen LogP contribution in [0.2, 0.25) is 0 Å². The van der Waals surface area contributed by atoms with Crippen molar-refractivity contribution in [2.24, 2.45) is 0 Å². The minimum atomic E-state index is -4.50. The van der Waals surface area contributed by atoms with Gasteiger partial charge in [-0.3, -0.25) is 9.71 Å². The Morgan fingerprint density at radius 3 is 2.47 bits per heavy atom. The number of hydrogen-bond acceptors (Lipinski definition) is 6. The highest BCUT2D eigenvalue weighted by molar-refractivity contribution is 7.92. The molecule has 0 amide bonds. The van der Waals surface area contributed by atoms with E-state index in [1.165, 1.54) is 6.07 Å². The Kier molecular flexibility index (Phi) is 5.23. The van der Waals surface area contributed by atoms with Gasteiger partial charge in [0.05, 0.1) is 12.1 Å². The third-order valence-corrected chi connectivity index (χ3v) is 5.59. The second kappa shape index (κ2) is 7.99. The molecule has 0 saturated carbocycles. The second-order valence-corrected chi connectivity index (χ2v) is 7.86. The van der Waals surface area contributed by atoms with Crippen LogP contribution in [-0.4, -0.2) is 23.5 Å². The van der Waals surface area contributed by atoms with E-state index in [0.29, 0.717) is 17.0 Å². The maximum Gasteiger partial charge on any atom is 0.267 e. The summed E-state index contributed by atoms with van der Waals surface area (Å²) < 4.78 is 60.6. The molecule has 2 aromatic carbocycles. The van der Waals surface area contributed by atoms with Crippen LogP contribution in [0.4, 0.5) is 14.5 Å². The van der Waals surface area contributed by atoms with Crippen molar-refractivity contribution in [2.75, 3.05) is 4.72 Å². The van der Waals surface area contributed by atoms with Crippen LogP contribution in [0.3, 0.4) is 0 Å². The van der Waals surface area contributed by atoms with Gasteiger partial charge in [0.2, 0.25) is 11.7 Å². The fraction of sp³-hybridized carbons (Fsp3) is 0.0500. The van der Waals surface area contributed by atoms with Gasteiger partial charge in [-0.1, -0.05) is 29.4 Å². The summed E-state index contributed by atoms with van der Waals surface area (Å²) in [5.41, 5.74) is 1.29. The molecule has 0 spiro atoms. The standard InChI is InChI=1S/C20H14F2N4O3S/c21-15-7-3-8-16(22)19(15)30(27,28)26-17-9-2-1-5-13(17)11-18-24-20(25-29-18)14-6-4-10-23-12-14/h1-10,12,26H,11H2. The van der Waals surface area contributed by atoms with Crippen LogP contribution in [0.5, 0.6) is 0 Å².